The van der Waals surface area contributed by atoms with Crippen LogP contribution in [-0.4, -0.2) is 7.11 Å². The van der Waals surface area contributed by atoms with E-state index in [1.54, 1.807) is 18.2 Å². The lowest BCUT2D eigenvalue weighted by Gasteiger charge is -2.11. The van der Waals surface area contributed by atoms with Crippen LogP contribution in [0.15, 0.2) is 42.5 Å². The van der Waals surface area contributed by atoms with Gasteiger partial charge in [0, 0.05) is 17.4 Å². The third-order valence-electron chi connectivity index (χ3n) is 2.33. The molecule has 0 heterocycles. The van der Waals surface area contributed by atoms with Crippen LogP contribution in [0.3, 0.4) is 0 Å². The van der Waals surface area contributed by atoms with Gasteiger partial charge in [0.05, 0.1) is 12.8 Å². The molecule has 2 aromatic carbocycles. The largest absolute Gasteiger partial charge is 0.494 e. The van der Waals surface area contributed by atoms with E-state index in [0.717, 1.165) is 5.69 Å². The van der Waals surface area contributed by atoms with E-state index in [1.807, 2.05) is 12.1 Å². The van der Waals surface area contributed by atoms with Crippen molar-refractivity contribution in [3.8, 4) is 5.75 Å². The van der Waals surface area contributed by atoms with Crippen molar-refractivity contribution in [3.63, 3.8) is 0 Å². The SMILES string of the molecule is COc1cc(F)ccc1Nc1cccc(N)c1. The second-order valence-corrected chi connectivity index (χ2v) is 3.60. The lowest BCUT2D eigenvalue weighted by Crippen LogP contribution is -1.96. The van der Waals surface area contributed by atoms with Crippen LogP contribution in [0.4, 0.5) is 21.5 Å². The number of nitrogens with two attached hydrogens (primary N) is 1. The van der Waals surface area contributed by atoms with Crippen molar-refractivity contribution in [3.05, 3.63) is 48.3 Å². The van der Waals surface area contributed by atoms with E-state index in [0.29, 0.717) is 17.1 Å². The molecule has 0 amide bonds. The smallest absolute Gasteiger partial charge is 0.145 e. The Balaban J connectivity index is 2.29. The molecule has 3 N–H and O–H groups in total. The molecule has 88 valence electrons. The number of methoxy groups -OCH3 is 1. The highest BCUT2D eigenvalue weighted by Crippen LogP contribution is 2.28. The number of nitrogen functional groups attached to an aromatic ring is 1. The van der Waals surface area contributed by atoms with E-state index < -0.39 is 0 Å². The Morgan fingerprint density at radius 2 is 2.00 bits per heavy atom. The summed E-state index contributed by atoms with van der Waals surface area (Å²) >= 11 is 0. The quantitative estimate of drug-likeness (QED) is 0.799. The van der Waals surface area contributed by atoms with Crippen LogP contribution >= 0.6 is 0 Å². The van der Waals surface area contributed by atoms with E-state index >= 15 is 0 Å². The van der Waals surface area contributed by atoms with Gasteiger partial charge in [-0.15, -0.1) is 0 Å². The first kappa shape index (κ1) is 11.3. The van der Waals surface area contributed by atoms with E-state index in [2.05, 4.69) is 5.32 Å². The van der Waals surface area contributed by atoms with Crippen molar-refractivity contribution >= 4 is 17.1 Å². The number of anilines is 3. The van der Waals surface area contributed by atoms with Gasteiger partial charge >= 0.3 is 0 Å². The minimum Gasteiger partial charge on any atom is -0.494 e. The van der Waals surface area contributed by atoms with Crippen molar-refractivity contribution < 1.29 is 9.13 Å². The molecular formula is C13H13FN2O. The van der Waals surface area contributed by atoms with Gasteiger partial charge in [-0.3, -0.25) is 0 Å². The number of ether oxygens (including phenoxy) is 1. The molecule has 0 bridgehead atoms. The zero-order chi connectivity index (χ0) is 12.3. The van der Waals surface area contributed by atoms with Crippen LogP contribution < -0.4 is 15.8 Å². The van der Waals surface area contributed by atoms with Gasteiger partial charge < -0.3 is 15.8 Å². The van der Waals surface area contributed by atoms with Crippen LogP contribution in [0, 0.1) is 5.82 Å². The van der Waals surface area contributed by atoms with Crippen molar-refractivity contribution in [2.24, 2.45) is 0 Å². The van der Waals surface area contributed by atoms with Crippen LogP contribution in [0.5, 0.6) is 5.75 Å². The van der Waals surface area contributed by atoms with Crippen molar-refractivity contribution in [2.75, 3.05) is 18.2 Å². The molecule has 2 aromatic rings. The summed E-state index contributed by atoms with van der Waals surface area (Å²) in [4.78, 5) is 0. The summed E-state index contributed by atoms with van der Waals surface area (Å²) in [6.07, 6.45) is 0. The Kier molecular flexibility index (Phi) is 3.14. The molecule has 0 spiro atoms. The number of halogens is 1. The van der Waals surface area contributed by atoms with Gasteiger partial charge in [-0.1, -0.05) is 6.07 Å². The predicted octanol–water partition coefficient (Wildman–Crippen LogP) is 3.16. The molecule has 0 aliphatic carbocycles. The number of benzene rings is 2. The van der Waals surface area contributed by atoms with Gasteiger partial charge in [0.2, 0.25) is 0 Å². The molecule has 0 aromatic heterocycles. The van der Waals surface area contributed by atoms with Gasteiger partial charge in [0.15, 0.2) is 0 Å². The van der Waals surface area contributed by atoms with E-state index in [9.17, 15) is 4.39 Å². The fourth-order valence-corrected chi connectivity index (χ4v) is 1.54. The number of rotatable bonds is 3. The van der Waals surface area contributed by atoms with Crippen LogP contribution in [-0.2, 0) is 0 Å². The van der Waals surface area contributed by atoms with Gasteiger partial charge in [-0.2, -0.15) is 0 Å². The Morgan fingerprint density at radius 3 is 2.71 bits per heavy atom. The summed E-state index contributed by atoms with van der Waals surface area (Å²) < 4.78 is 18.1. The van der Waals surface area contributed by atoms with Crippen molar-refractivity contribution in [2.45, 2.75) is 0 Å². The zero-order valence-corrected chi connectivity index (χ0v) is 9.41. The number of hydrogen-bond donors (Lipinski definition) is 2. The normalized spacial score (nSPS) is 10.0. The fourth-order valence-electron chi connectivity index (χ4n) is 1.54. The average Bonchev–Trinajstić information content (AvgIpc) is 2.31. The summed E-state index contributed by atoms with van der Waals surface area (Å²) in [5.74, 6) is 0.118. The fraction of sp³-hybridized carbons (Fsp3) is 0.0769. The summed E-state index contributed by atoms with van der Waals surface area (Å²) in [5.41, 5.74) is 7.86. The molecule has 0 unspecified atom stereocenters. The summed E-state index contributed by atoms with van der Waals surface area (Å²) in [5, 5.41) is 3.12. The summed E-state index contributed by atoms with van der Waals surface area (Å²) in [6, 6.07) is 11.6. The Labute approximate surface area is 99.0 Å². The first-order valence-corrected chi connectivity index (χ1v) is 5.15. The highest BCUT2D eigenvalue weighted by Gasteiger charge is 2.04. The molecule has 17 heavy (non-hydrogen) atoms. The maximum atomic E-state index is 13.0. The van der Waals surface area contributed by atoms with E-state index in [-0.39, 0.29) is 5.82 Å². The monoisotopic (exact) mass is 232 g/mol. The second-order valence-electron chi connectivity index (χ2n) is 3.60. The Bertz CT molecular complexity index is 529. The van der Waals surface area contributed by atoms with Crippen LogP contribution in [0.2, 0.25) is 0 Å². The minimum absolute atomic E-state index is 0.333. The first-order valence-electron chi connectivity index (χ1n) is 5.15. The van der Waals surface area contributed by atoms with Crippen LogP contribution in [0.1, 0.15) is 0 Å². The van der Waals surface area contributed by atoms with Gasteiger partial charge in [-0.05, 0) is 30.3 Å². The molecule has 0 fully saturated rings. The molecule has 0 saturated carbocycles. The van der Waals surface area contributed by atoms with Gasteiger partial charge in [0.25, 0.3) is 0 Å². The van der Waals surface area contributed by atoms with Gasteiger partial charge in [-0.25, -0.2) is 4.39 Å². The summed E-state index contributed by atoms with van der Waals surface area (Å²) in [7, 11) is 1.50. The standard InChI is InChI=1S/C13H13FN2O/c1-17-13-7-9(14)5-6-12(13)16-11-4-2-3-10(15)8-11/h2-8,16H,15H2,1H3. The molecule has 4 heteroatoms. The molecular weight excluding hydrogens is 219 g/mol. The molecule has 0 radical (unpaired) electrons. The molecule has 0 atom stereocenters. The molecule has 0 aliphatic heterocycles. The average molecular weight is 232 g/mol. The zero-order valence-electron chi connectivity index (χ0n) is 9.41. The minimum atomic E-state index is -0.333. The lowest BCUT2D eigenvalue weighted by molar-refractivity contribution is 0.413. The Morgan fingerprint density at radius 1 is 1.18 bits per heavy atom. The molecule has 3 nitrogen and oxygen atoms in total. The lowest BCUT2D eigenvalue weighted by atomic mass is 10.2. The molecule has 0 saturated heterocycles. The highest BCUT2D eigenvalue weighted by atomic mass is 19.1. The number of hydrogen-bond acceptors (Lipinski definition) is 3. The van der Waals surface area contributed by atoms with Crippen LogP contribution in [0.25, 0.3) is 0 Å². The maximum absolute atomic E-state index is 13.0. The topological polar surface area (TPSA) is 47.3 Å². The molecule has 2 rings (SSSR count). The third kappa shape index (κ3) is 2.66. The Hall–Kier alpha value is -2.23. The maximum Gasteiger partial charge on any atom is 0.145 e. The first-order chi connectivity index (χ1) is 8.19. The van der Waals surface area contributed by atoms with E-state index in [4.69, 9.17) is 10.5 Å². The third-order valence-corrected chi connectivity index (χ3v) is 2.33. The predicted molar refractivity (Wildman–Crippen MR) is 67.1 cm³/mol. The highest BCUT2D eigenvalue weighted by molar-refractivity contribution is 5.68. The van der Waals surface area contributed by atoms with Gasteiger partial charge in [0.1, 0.15) is 11.6 Å². The van der Waals surface area contributed by atoms with Crippen molar-refractivity contribution in [1.82, 2.24) is 0 Å². The number of nitrogens with one attached hydrogen (secondary N) is 1. The second kappa shape index (κ2) is 4.74. The van der Waals surface area contributed by atoms with E-state index in [1.165, 1.54) is 19.2 Å². The van der Waals surface area contributed by atoms with Crippen molar-refractivity contribution in [1.29, 1.82) is 0 Å². The molecule has 0 aliphatic rings. The summed E-state index contributed by atoms with van der Waals surface area (Å²) in [6.45, 7) is 0.